The number of hydrogen-bond acceptors (Lipinski definition) is 2. The van der Waals surface area contributed by atoms with Crippen LogP contribution in [0.5, 0.6) is 0 Å². The zero-order valence-corrected chi connectivity index (χ0v) is 8.82. The first-order valence-electron chi connectivity index (χ1n) is 4.19. The summed E-state index contributed by atoms with van der Waals surface area (Å²) in [4.78, 5) is 1.87. The van der Waals surface area contributed by atoms with Gasteiger partial charge in [0.25, 0.3) is 0 Å². The van der Waals surface area contributed by atoms with Gasteiger partial charge in [-0.25, -0.2) is 0 Å². The van der Waals surface area contributed by atoms with Crippen molar-refractivity contribution in [2.75, 3.05) is 6.61 Å². The molecule has 0 amide bonds. The summed E-state index contributed by atoms with van der Waals surface area (Å²) < 4.78 is 0. The summed E-state index contributed by atoms with van der Waals surface area (Å²) >= 11 is 1.51. The summed E-state index contributed by atoms with van der Waals surface area (Å²) in [6, 6.07) is 3.80. The highest BCUT2D eigenvalue weighted by Gasteiger charge is 1.92. The lowest BCUT2D eigenvalue weighted by molar-refractivity contribution is 0.350. The van der Waals surface area contributed by atoms with E-state index >= 15 is 0 Å². The Morgan fingerprint density at radius 1 is 1.27 bits per heavy atom. The molecule has 15 heavy (non-hydrogen) atoms. The first-order chi connectivity index (χ1) is 7.36. The summed E-state index contributed by atoms with van der Waals surface area (Å²) in [6.07, 6.45) is 1.55. The number of aliphatic hydroxyl groups excluding tert-OH is 1. The van der Waals surface area contributed by atoms with E-state index in [2.05, 4.69) is 42.1 Å². The van der Waals surface area contributed by atoms with Gasteiger partial charge in [0, 0.05) is 0 Å². The molecule has 0 saturated carbocycles. The number of aliphatic hydroxyl groups is 1. The molecule has 1 heterocycles. The van der Waals surface area contributed by atoms with Crippen molar-refractivity contribution in [1.29, 1.82) is 0 Å². The Morgan fingerprint density at radius 3 is 2.67 bits per heavy atom. The van der Waals surface area contributed by atoms with Crippen LogP contribution in [0.4, 0.5) is 0 Å². The Balaban J connectivity index is 2.75. The standard InChI is InChI=1S/C13H8OS/c1-2-3-7-12-9-10-13(15-12)8-5-4-6-11-14/h2,9-10,14H,1,11H2. The Bertz CT molecular complexity index is 518. The average Bonchev–Trinajstić information content (AvgIpc) is 2.69. The molecule has 1 aromatic rings. The number of allylic oxidation sites excluding steroid dienone is 1. The summed E-state index contributed by atoms with van der Waals surface area (Å²) in [7, 11) is 0. The molecule has 2 heteroatoms. The topological polar surface area (TPSA) is 20.2 Å². The van der Waals surface area contributed by atoms with Gasteiger partial charge in [0.15, 0.2) is 0 Å². The van der Waals surface area contributed by atoms with Crippen LogP contribution in [0.1, 0.15) is 9.75 Å². The van der Waals surface area contributed by atoms with Crippen molar-refractivity contribution in [3.63, 3.8) is 0 Å². The second kappa shape index (κ2) is 6.52. The summed E-state index contributed by atoms with van der Waals surface area (Å²) in [5, 5.41) is 8.40. The van der Waals surface area contributed by atoms with Crippen molar-refractivity contribution in [2.45, 2.75) is 0 Å². The predicted molar refractivity (Wildman–Crippen MR) is 63.1 cm³/mol. The van der Waals surface area contributed by atoms with Gasteiger partial charge in [-0.15, -0.1) is 11.3 Å². The van der Waals surface area contributed by atoms with Crippen molar-refractivity contribution in [3.8, 4) is 35.5 Å². The highest BCUT2D eigenvalue weighted by molar-refractivity contribution is 7.13. The molecule has 0 aliphatic heterocycles. The molecule has 0 bridgehead atoms. The molecule has 0 aliphatic carbocycles. The second-order valence-electron chi connectivity index (χ2n) is 2.35. The molecule has 0 fully saturated rings. The number of thiophene rings is 1. The van der Waals surface area contributed by atoms with E-state index in [1.807, 2.05) is 12.1 Å². The van der Waals surface area contributed by atoms with Crippen molar-refractivity contribution in [2.24, 2.45) is 0 Å². The molecule has 1 N–H and O–H groups in total. The maximum atomic E-state index is 8.40. The Hall–Kier alpha value is -1.92. The van der Waals surface area contributed by atoms with Crippen LogP contribution < -0.4 is 0 Å². The summed E-state index contributed by atoms with van der Waals surface area (Å²) in [5.41, 5.74) is 0. The lowest BCUT2D eigenvalue weighted by atomic mass is 10.4. The average molecular weight is 212 g/mol. The van der Waals surface area contributed by atoms with Crippen molar-refractivity contribution >= 4 is 11.3 Å². The molecule has 72 valence electrons. The maximum Gasteiger partial charge on any atom is 0.105 e. The third-order valence-corrected chi connectivity index (χ3v) is 2.24. The van der Waals surface area contributed by atoms with Crippen molar-refractivity contribution < 1.29 is 5.11 Å². The van der Waals surface area contributed by atoms with Gasteiger partial charge in [0.05, 0.1) is 9.75 Å². The highest BCUT2D eigenvalue weighted by atomic mass is 32.1. The maximum absolute atomic E-state index is 8.40. The van der Waals surface area contributed by atoms with E-state index in [-0.39, 0.29) is 6.61 Å². The van der Waals surface area contributed by atoms with Crippen molar-refractivity contribution in [3.05, 3.63) is 34.5 Å². The smallest absolute Gasteiger partial charge is 0.105 e. The van der Waals surface area contributed by atoms with E-state index in [0.717, 1.165) is 9.75 Å². The Labute approximate surface area is 93.5 Å². The largest absolute Gasteiger partial charge is 0.384 e. The highest BCUT2D eigenvalue weighted by Crippen LogP contribution is 2.13. The summed E-state index contributed by atoms with van der Waals surface area (Å²) in [5.74, 6) is 16.2. The minimum absolute atomic E-state index is 0.158. The minimum Gasteiger partial charge on any atom is -0.384 e. The van der Waals surface area contributed by atoms with E-state index < -0.39 is 0 Å². The lowest BCUT2D eigenvalue weighted by Crippen LogP contribution is -1.68. The Kier molecular flexibility index (Phi) is 4.85. The fourth-order valence-corrected chi connectivity index (χ4v) is 1.49. The lowest BCUT2D eigenvalue weighted by Gasteiger charge is -1.74. The molecule has 0 unspecified atom stereocenters. The molecular formula is C13H8OS. The first-order valence-corrected chi connectivity index (χ1v) is 5.00. The van der Waals surface area contributed by atoms with Gasteiger partial charge in [-0.1, -0.05) is 24.3 Å². The zero-order valence-electron chi connectivity index (χ0n) is 8.00. The molecule has 0 saturated heterocycles. The summed E-state index contributed by atoms with van der Waals surface area (Å²) in [6.45, 7) is 3.36. The van der Waals surface area contributed by atoms with Gasteiger partial charge in [0.2, 0.25) is 0 Å². The van der Waals surface area contributed by atoms with Crippen LogP contribution in [0.15, 0.2) is 24.8 Å². The van der Waals surface area contributed by atoms with E-state index in [1.54, 1.807) is 6.08 Å². The molecule has 0 atom stereocenters. The van der Waals surface area contributed by atoms with Crippen molar-refractivity contribution in [1.82, 2.24) is 0 Å². The molecular weight excluding hydrogens is 204 g/mol. The quantitative estimate of drug-likeness (QED) is 0.648. The minimum atomic E-state index is -0.158. The van der Waals surface area contributed by atoms with Gasteiger partial charge in [-0.05, 0) is 36.0 Å². The molecule has 0 radical (unpaired) electrons. The Morgan fingerprint density at radius 2 is 2.00 bits per heavy atom. The van der Waals surface area contributed by atoms with Gasteiger partial charge < -0.3 is 5.11 Å². The molecule has 0 aromatic carbocycles. The van der Waals surface area contributed by atoms with Crippen LogP contribution in [-0.4, -0.2) is 11.7 Å². The molecule has 0 spiro atoms. The van der Waals surface area contributed by atoms with E-state index in [0.29, 0.717) is 0 Å². The fourth-order valence-electron chi connectivity index (χ4n) is 0.771. The third kappa shape index (κ3) is 4.21. The molecule has 1 rings (SSSR count). The number of rotatable bonds is 0. The zero-order chi connectivity index (χ0) is 10.9. The fraction of sp³-hybridized carbons (Fsp3) is 0.0769. The van der Waals surface area contributed by atoms with Gasteiger partial charge in [0.1, 0.15) is 6.61 Å². The van der Waals surface area contributed by atoms with Crippen LogP contribution in [0.3, 0.4) is 0 Å². The molecule has 0 aliphatic rings. The van der Waals surface area contributed by atoms with Crippen LogP contribution in [0.25, 0.3) is 0 Å². The molecule has 1 nitrogen and oxygen atoms in total. The van der Waals surface area contributed by atoms with Crippen LogP contribution in [0, 0.1) is 35.5 Å². The third-order valence-electron chi connectivity index (χ3n) is 1.32. The monoisotopic (exact) mass is 212 g/mol. The van der Waals surface area contributed by atoms with Crippen LogP contribution in [0.2, 0.25) is 0 Å². The normalized spacial score (nSPS) is 7.27. The SMILES string of the molecule is C=CC#Cc1ccc(C#CC#CCO)s1. The molecule has 1 aromatic heterocycles. The van der Waals surface area contributed by atoms with Crippen LogP contribution >= 0.6 is 11.3 Å². The number of hydrogen-bond donors (Lipinski definition) is 1. The van der Waals surface area contributed by atoms with E-state index in [1.165, 1.54) is 11.3 Å². The van der Waals surface area contributed by atoms with Crippen LogP contribution in [-0.2, 0) is 0 Å². The van der Waals surface area contributed by atoms with E-state index in [9.17, 15) is 0 Å². The van der Waals surface area contributed by atoms with Gasteiger partial charge in [-0.3, -0.25) is 0 Å². The second-order valence-corrected chi connectivity index (χ2v) is 3.43. The van der Waals surface area contributed by atoms with Gasteiger partial charge in [-0.2, -0.15) is 0 Å². The van der Waals surface area contributed by atoms with Gasteiger partial charge >= 0.3 is 0 Å². The predicted octanol–water partition coefficient (Wildman–Crippen LogP) is 1.63. The van der Waals surface area contributed by atoms with E-state index in [4.69, 9.17) is 5.11 Å². The first kappa shape index (κ1) is 11.2.